The van der Waals surface area contributed by atoms with Crippen molar-refractivity contribution in [2.45, 2.75) is 25.5 Å². The molecule has 0 aliphatic carbocycles. The van der Waals surface area contributed by atoms with Crippen LogP contribution in [0.15, 0.2) is 66.7 Å². The molecule has 3 aromatic carbocycles. The molecule has 0 aromatic heterocycles. The first-order valence-electron chi connectivity index (χ1n) is 11.4. The van der Waals surface area contributed by atoms with Gasteiger partial charge in [-0.3, -0.25) is 9.59 Å². The number of nitrogens with two attached hydrogens (primary N) is 1. The monoisotopic (exact) mass is 458 g/mol. The minimum atomic E-state index is -0.543. The molecular formula is C27H26N2O5. The van der Waals surface area contributed by atoms with E-state index in [0.29, 0.717) is 36.6 Å². The molecule has 2 N–H and O–H groups in total. The summed E-state index contributed by atoms with van der Waals surface area (Å²) in [4.78, 5) is 27.0. The van der Waals surface area contributed by atoms with Crippen molar-refractivity contribution in [3.63, 3.8) is 0 Å². The van der Waals surface area contributed by atoms with E-state index in [2.05, 4.69) is 0 Å². The number of fused-ring (bicyclic) bond motifs is 1. The molecule has 7 nitrogen and oxygen atoms in total. The van der Waals surface area contributed by atoms with E-state index in [1.165, 1.54) is 0 Å². The van der Waals surface area contributed by atoms with Gasteiger partial charge < -0.3 is 24.8 Å². The van der Waals surface area contributed by atoms with Gasteiger partial charge in [-0.25, -0.2) is 0 Å². The van der Waals surface area contributed by atoms with Crippen molar-refractivity contribution in [3.05, 3.63) is 89.0 Å². The average Bonchev–Trinajstić information content (AvgIpc) is 3.37. The molecule has 1 unspecified atom stereocenters. The fourth-order valence-electron chi connectivity index (χ4n) is 4.54. The summed E-state index contributed by atoms with van der Waals surface area (Å²) in [7, 11) is 0. The van der Waals surface area contributed by atoms with E-state index in [-0.39, 0.29) is 18.6 Å². The zero-order valence-corrected chi connectivity index (χ0v) is 18.7. The highest BCUT2D eigenvalue weighted by Gasteiger charge is 2.31. The van der Waals surface area contributed by atoms with Crippen molar-refractivity contribution >= 4 is 11.8 Å². The Morgan fingerprint density at radius 1 is 0.971 bits per heavy atom. The summed E-state index contributed by atoms with van der Waals surface area (Å²) in [6, 6.07) is 20.2. The van der Waals surface area contributed by atoms with E-state index in [4.69, 9.17) is 19.9 Å². The van der Waals surface area contributed by atoms with Crippen LogP contribution in [0.2, 0.25) is 0 Å². The maximum atomic E-state index is 13.5. The molecule has 2 aliphatic rings. The van der Waals surface area contributed by atoms with E-state index < -0.39 is 5.91 Å². The first-order valence-corrected chi connectivity index (χ1v) is 11.4. The van der Waals surface area contributed by atoms with Gasteiger partial charge in [0.2, 0.25) is 0 Å². The van der Waals surface area contributed by atoms with Crippen molar-refractivity contribution < 1.29 is 23.8 Å². The van der Waals surface area contributed by atoms with Gasteiger partial charge in [-0.15, -0.1) is 0 Å². The van der Waals surface area contributed by atoms with Crippen LogP contribution in [0.1, 0.15) is 50.7 Å². The molecule has 5 rings (SSSR count). The molecule has 0 spiro atoms. The number of ether oxygens (including phenoxy) is 3. The van der Waals surface area contributed by atoms with Gasteiger partial charge in [0.15, 0.2) is 11.5 Å². The van der Waals surface area contributed by atoms with Crippen LogP contribution in [0.5, 0.6) is 17.2 Å². The zero-order valence-electron chi connectivity index (χ0n) is 18.7. The molecule has 1 atom stereocenters. The second kappa shape index (κ2) is 9.47. The summed E-state index contributed by atoms with van der Waals surface area (Å²) in [5.41, 5.74) is 8.25. The normalized spacial score (nSPS) is 16.8. The molecule has 34 heavy (non-hydrogen) atoms. The maximum absolute atomic E-state index is 13.5. The average molecular weight is 459 g/mol. The van der Waals surface area contributed by atoms with Gasteiger partial charge in [0.05, 0.1) is 11.6 Å². The number of hydrogen-bond donors (Lipinski definition) is 1. The molecule has 0 bridgehead atoms. The van der Waals surface area contributed by atoms with Gasteiger partial charge >= 0.3 is 0 Å². The lowest BCUT2D eigenvalue weighted by Gasteiger charge is -2.27. The van der Waals surface area contributed by atoms with Gasteiger partial charge in [-0.05, 0) is 60.4 Å². The summed E-state index contributed by atoms with van der Waals surface area (Å²) in [5.74, 6) is 1.34. The highest BCUT2D eigenvalue weighted by atomic mass is 16.6. The van der Waals surface area contributed by atoms with E-state index in [9.17, 15) is 9.59 Å². The first-order chi connectivity index (χ1) is 16.6. The summed E-state index contributed by atoms with van der Waals surface area (Å²) in [6.07, 6.45) is 1.84. The molecule has 1 saturated heterocycles. The largest absolute Gasteiger partial charge is 0.488 e. The van der Waals surface area contributed by atoms with Crippen molar-refractivity contribution in [2.75, 3.05) is 19.8 Å². The quantitative estimate of drug-likeness (QED) is 0.600. The lowest BCUT2D eigenvalue weighted by atomic mass is 10.0. The van der Waals surface area contributed by atoms with Crippen molar-refractivity contribution in [1.82, 2.24) is 4.90 Å². The first kappa shape index (κ1) is 21.8. The topological polar surface area (TPSA) is 91.1 Å². The van der Waals surface area contributed by atoms with Crippen LogP contribution in [0.25, 0.3) is 0 Å². The van der Waals surface area contributed by atoms with Crippen LogP contribution < -0.4 is 19.9 Å². The van der Waals surface area contributed by atoms with Crippen LogP contribution in [0.4, 0.5) is 0 Å². The minimum absolute atomic E-state index is 0.00863. The highest BCUT2D eigenvalue weighted by Crippen LogP contribution is 2.38. The lowest BCUT2D eigenvalue weighted by Crippen LogP contribution is -2.30. The molecule has 3 aromatic rings. The molecule has 2 aliphatic heterocycles. The summed E-state index contributed by atoms with van der Waals surface area (Å²) in [5, 5.41) is 0. The summed E-state index contributed by atoms with van der Waals surface area (Å²) >= 11 is 0. The molecule has 2 amide bonds. The van der Waals surface area contributed by atoms with Crippen molar-refractivity contribution in [2.24, 2.45) is 5.73 Å². The third-order valence-corrected chi connectivity index (χ3v) is 6.19. The third kappa shape index (κ3) is 4.41. The van der Waals surface area contributed by atoms with Crippen molar-refractivity contribution in [1.29, 1.82) is 0 Å². The second-order valence-electron chi connectivity index (χ2n) is 8.41. The van der Waals surface area contributed by atoms with E-state index in [1.807, 2.05) is 47.4 Å². The SMILES string of the molecule is NC(=O)c1ccccc1OCc1cccc(C(=O)N2CCCC2c2ccc3c(c2)OCCO3)c1. The Labute approximate surface area is 198 Å². The van der Waals surface area contributed by atoms with Gasteiger partial charge in [-0.1, -0.05) is 30.3 Å². The second-order valence-corrected chi connectivity index (χ2v) is 8.41. The number of hydrogen-bond acceptors (Lipinski definition) is 5. The lowest BCUT2D eigenvalue weighted by molar-refractivity contribution is 0.0734. The van der Waals surface area contributed by atoms with Crippen molar-refractivity contribution in [3.8, 4) is 17.2 Å². The van der Waals surface area contributed by atoms with E-state index in [1.54, 1.807) is 24.3 Å². The summed E-state index contributed by atoms with van der Waals surface area (Å²) < 4.78 is 17.2. The van der Waals surface area contributed by atoms with Crippen LogP contribution in [0, 0.1) is 0 Å². The highest BCUT2D eigenvalue weighted by molar-refractivity contribution is 5.96. The number of benzene rings is 3. The Balaban J connectivity index is 1.32. The molecule has 0 saturated carbocycles. The Bertz CT molecular complexity index is 1230. The Kier molecular flexibility index (Phi) is 6.08. The standard InChI is InChI=1S/C27H26N2O5/c28-26(30)21-7-1-2-9-23(21)34-17-18-5-3-6-20(15-18)27(31)29-12-4-8-22(29)19-10-11-24-25(16-19)33-14-13-32-24/h1-3,5-7,9-11,15-16,22H,4,8,12-14,17H2,(H2,28,30). The number of carbonyl (C=O) groups excluding carboxylic acids is 2. The number of nitrogens with zero attached hydrogens (tertiary/aromatic N) is 1. The van der Waals surface area contributed by atoms with Gasteiger partial charge in [0.25, 0.3) is 11.8 Å². The minimum Gasteiger partial charge on any atom is -0.488 e. The zero-order chi connectivity index (χ0) is 23.5. The van der Waals surface area contributed by atoms with Gasteiger partial charge in [-0.2, -0.15) is 0 Å². The maximum Gasteiger partial charge on any atom is 0.254 e. The fraction of sp³-hybridized carbons (Fsp3) is 0.259. The third-order valence-electron chi connectivity index (χ3n) is 6.19. The van der Waals surface area contributed by atoms with Crippen LogP contribution in [-0.2, 0) is 6.61 Å². The van der Waals surface area contributed by atoms with Crippen LogP contribution in [-0.4, -0.2) is 36.5 Å². The Morgan fingerprint density at radius 2 is 1.79 bits per heavy atom. The molecule has 174 valence electrons. The fourth-order valence-corrected chi connectivity index (χ4v) is 4.54. The predicted octanol–water partition coefficient (Wildman–Crippen LogP) is 4.11. The number of likely N-dealkylation sites (tertiary alicyclic amines) is 1. The predicted molar refractivity (Wildman–Crippen MR) is 126 cm³/mol. The van der Waals surface area contributed by atoms with Crippen LogP contribution in [0.3, 0.4) is 0 Å². The summed E-state index contributed by atoms with van der Waals surface area (Å²) in [6.45, 7) is 2.00. The van der Waals surface area contributed by atoms with Gasteiger partial charge in [0, 0.05) is 12.1 Å². The number of amides is 2. The molecule has 0 radical (unpaired) electrons. The molecule has 2 heterocycles. The molecule has 1 fully saturated rings. The Hall–Kier alpha value is -4.00. The molecular weight excluding hydrogens is 432 g/mol. The number of primary amides is 1. The van der Waals surface area contributed by atoms with E-state index >= 15 is 0 Å². The molecule has 7 heteroatoms. The Morgan fingerprint density at radius 3 is 2.65 bits per heavy atom. The van der Waals surface area contributed by atoms with Crippen LogP contribution >= 0.6 is 0 Å². The number of rotatable bonds is 6. The number of carbonyl (C=O) groups is 2. The van der Waals surface area contributed by atoms with Gasteiger partial charge in [0.1, 0.15) is 25.6 Å². The number of para-hydroxylation sites is 1. The smallest absolute Gasteiger partial charge is 0.254 e. The van der Waals surface area contributed by atoms with E-state index in [0.717, 1.165) is 35.5 Å².